The molecule has 0 radical (unpaired) electrons. The molecule has 4 heterocycles. The molecule has 1 unspecified atom stereocenters. The van der Waals surface area contributed by atoms with E-state index in [1.807, 2.05) is 29.3 Å². The fourth-order valence-corrected chi connectivity index (χ4v) is 5.92. The molecule has 1 saturated carbocycles. The molecule has 2 amide bonds. The van der Waals surface area contributed by atoms with Crippen LogP contribution in [0.15, 0.2) is 42.6 Å². The molecule has 2 fully saturated rings. The average Bonchev–Trinajstić information content (AvgIpc) is 3.43. The van der Waals surface area contributed by atoms with E-state index in [2.05, 4.69) is 47.0 Å². The van der Waals surface area contributed by atoms with E-state index < -0.39 is 0 Å². The number of para-hydroxylation sites is 1. The number of pyridine rings is 1. The Morgan fingerprint density at radius 2 is 1.94 bits per heavy atom. The number of likely N-dealkylation sites (tertiary alicyclic amines) is 1. The number of aromatic nitrogens is 3. The summed E-state index contributed by atoms with van der Waals surface area (Å²) >= 11 is 0. The average molecular weight is 416 g/mol. The fourth-order valence-electron chi connectivity index (χ4n) is 5.92. The van der Waals surface area contributed by atoms with Gasteiger partial charge in [-0.2, -0.15) is 5.10 Å². The lowest BCUT2D eigenvalue weighted by atomic mass is 9.68. The lowest BCUT2D eigenvalue weighted by Crippen LogP contribution is -2.52. The first-order chi connectivity index (χ1) is 14.9. The van der Waals surface area contributed by atoms with Crippen LogP contribution in [0.5, 0.6) is 0 Å². The number of amides is 2. The van der Waals surface area contributed by atoms with Gasteiger partial charge in [-0.25, -0.2) is 4.79 Å². The Hall–Kier alpha value is -2.89. The highest BCUT2D eigenvalue weighted by Gasteiger charge is 2.47. The molecular weight excluding hydrogens is 386 g/mol. The second-order valence-electron chi connectivity index (χ2n) is 10.5. The van der Waals surface area contributed by atoms with E-state index in [1.165, 1.54) is 5.69 Å². The molecule has 1 aliphatic carbocycles. The lowest BCUT2D eigenvalue weighted by molar-refractivity contribution is 0.122. The van der Waals surface area contributed by atoms with Crippen molar-refractivity contribution in [1.82, 2.24) is 25.0 Å². The van der Waals surface area contributed by atoms with Crippen molar-refractivity contribution < 1.29 is 4.79 Å². The summed E-state index contributed by atoms with van der Waals surface area (Å²) in [6.07, 6.45) is 6.15. The molecule has 1 spiro atoms. The first-order valence-corrected chi connectivity index (χ1v) is 11.4. The Kier molecular flexibility index (Phi) is 3.98. The van der Waals surface area contributed by atoms with E-state index in [0.29, 0.717) is 11.5 Å². The molecule has 160 valence electrons. The second-order valence-corrected chi connectivity index (χ2v) is 10.5. The van der Waals surface area contributed by atoms with Crippen LogP contribution in [0.1, 0.15) is 45.2 Å². The molecule has 1 atom stereocenters. The molecule has 1 aromatic carbocycles. The summed E-state index contributed by atoms with van der Waals surface area (Å²) in [4.78, 5) is 19.5. The minimum absolute atomic E-state index is 0.0335. The van der Waals surface area contributed by atoms with E-state index >= 15 is 0 Å². The zero-order valence-corrected chi connectivity index (χ0v) is 18.3. The zero-order chi connectivity index (χ0) is 21.2. The van der Waals surface area contributed by atoms with Crippen molar-refractivity contribution >= 4 is 16.9 Å². The van der Waals surface area contributed by atoms with Crippen LogP contribution in [0.2, 0.25) is 0 Å². The zero-order valence-electron chi connectivity index (χ0n) is 18.3. The summed E-state index contributed by atoms with van der Waals surface area (Å²) in [5, 5.41) is 9.28. The number of nitrogens with one attached hydrogen (secondary N) is 1. The standard InChI is InChI=1S/C25H29N5O/c1-24(2)13-19(14-24)27-23(31)29-9-7-25(16-29)8-10-30-22(25)12-21(28-30)18-11-17-5-3-4-6-20(17)26-15-18/h3-6,11-12,15,19H,7-10,13-14,16H2,1-2H3,(H,27,31). The van der Waals surface area contributed by atoms with Crippen molar-refractivity contribution in [2.45, 2.75) is 57.5 Å². The Bertz CT molecular complexity index is 1170. The van der Waals surface area contributed by atoms with Crippen LogP contribution in [0, 0.1) is 5.41 Å². The van der Waals surface area contributed by atoms with Crippen LogP contribution in [-0.4, -0.2) is 44.8 Å². The van der Waals surface area contributed by atoms with E-state index in [4.69, 9.17) is 5.10 Å². The monoisotopic (exact) mass is 415 g/mol. The van der Waals surface area contributed by atoms with Gasteiger partial charge in [0.05, 0.1) is 11.2 Å². The van der Waals surface area contributed by atoms with Gasteiger partial charge in [0.25, 0.3) is 0 Å². The molecule has 3 aromatic rings. The van der Waals surface area contributed by atoms with Crippen LogP contribution in [0.4, 0.5) is 4.79 Å². The van der Waals surface area contributed by atoms with E-state index in [0.717, 1.165) is 67.5 Å². The van der Waals surface area contributed by atoms with Crippen molar-refractivity contribution in [3.05, 3.63) is 48.3 Å². The number of rotatable bonds is 2. The van der Waals surface area contributed by atoms with Crippen LogP contribution >= 0.6 is 0 Å². The third kappa shape index (κ3) is 3.11. The van der Waals surface area contributed by atoms with Gasteiger partial charge >= 0.3 is 6.03 Å². The highest BCUT2D eigenvalue weighted by Crippen LogP contribution is 2.44. The molecule has 0 bridgehead atoms. The minimum Gasteiger partial charge on any atom is -0.335 e. The molecular formula is C25H29N5O. The number of nitrogens with zero attached hydrogens (tertiary/aromatic N) is 4. The highest BCUT2D eigenvalue weighted by atomic mass is 16.2. The van der Waals surface area contributed by atoms with Crippen LogP contribution < -0.4 is 5.32 Å². The largest absolute Gasteiger partial charge is 0.335 e. The summed E-state index contributed by atoms with van der Waals surface area (Å²) < 4.78 is 2.15. The number of carbonyl (C=O) groups is 1. The Balaban J connectivity index is 1.21. The minimum atomic E-state index is 0.0335. The van der Waals surface area contributed by atoms with Gasteiger partial charge in [-0.05, 0) is 49.3 Å². The van der Waals surface area contributed by atoms with Gasteiger partial charge in [-0.1, -0.05) is 32.0 Å². The highest BCUT2D eigenvalue weighted by molar-refractivity contribution is 5.82. The van der Waals surface area contributed by atoms with Crippen molar-refractivity contribution in [2.24, 2.45) is 5.41 Å². The first-order valence-electron chi connectivity index (χ1n) is 11.4. The Morgan fingerprint density at radius 3 is 2.77 bits per heavy atom. The van der Waals surface area contributed by atoms with E-state index in [-0.39, 0.29) is 11.4 Å². The van der Waals surface area contributed by atoms with Gasteiger partial charge in [-0.3, -0.25) is 9.67 Å². The summed E-state index contributed by atoms with van der Waals surface area (Å²) in [5.41, 5.74) is 4.71. The van der Waals surface area contributed by atoms with E-state index in [9.17, 15) is 4.79 Å². The molecule has 2 aromatic heterocycles. The number of benzene rings is 1. The van der Waals surface area contributed by atoms with Crippen LogP contribution in [0.3, 0.4) is 0 Å². The third-order valence-electron chi connectivity index (χ3n) is 7.58. The fraction of sp³-hybridized carbons (Fsp3) is 0.480. The number of fused-ring (bicyclic) bond motifs is 3. The molecule has 1 saturated heterocycles. The van der Waals surface area contributed by atoms with E-state index in [1.54, 1.807) is 0 Å². The van der Waals surface area contributed by atoms with Gasteiger partial charge in [0.15, 0.2) is 0 Å². The van der Waals surface area contributed by atoms with Crippen LogP contribution in [0.25, 0.3) is 22.2 Å². The number of carbonyl (C=O) groups excluding carboxylic acids is 1. The summed E-state index contributed by atoms with van der Waals surface area (Å²) in [5.74, 6) is 0. The maximum Gasteiger partial charge on any atom is 0.317 e. The second kappa shape index (κ2) is 6.55. The predicted molar refractivity (Wildman–Crippen MR) is 121 cm³/mol. The lowest BCUT2D eigenvalue weighted by Gasteiger charge is -2.43. The summed E-state index contributed by atoms with van der Waals surface area (Å²) in [6, 6.07) is 13.0. The quantitative estimate of drug-likeness (QED) is 0.677. The Morgan fingerprint density at radius 1 is 1.13 bits per heavy atom. The molecule has 2 aliphatic heterocycles. The molecule has 31 heavy (non-hydrogen) atoms. The van der Waals surface area contributed by atoms with Gasteiger partial charge in [0.2, 0.25) is 0 Å². The number of hydrogen-bond acceptors (Lipinski definition) is 3. The normalized spacial score (nSPS) is 24.5. The predicted octanol–water partition coefficient (Wildman–Crippen LogP) is 4.34. The number of urea groups is 1. The Labute approximate surface area is 182 Å². The third-order valence-corrected chi connectivity index (χ3v) is 7.58. The number of hydrogen-bond donors (Lipinski definition) is 1. The number of aryl methyl sites for hydroxylation is 1. The van der Waals surface area contributed by atoms with Crippen LogP contribution in [-0.2, 0) is 12.0 Å². The van der Waals surface area contributed by atoms with Crippen molar-refractivity contribution in [2.75, 3.05) is 13.1 Å². The molecule has 6 rings (SSSR count). The van der Waals surface area contributed by atoms with Gasteiger partial charge < -0.3 is 10.2 Å². The maximum absolute atomic E-state index is 12.8. The van der Waals surface area contributed by atoms with Gasteiger partial charge in [0.1, 0.15) is 0 Å². The summed E-state index contributed by atoms with van der Waals surface area (Å²) in [7, 11) is 0. The maximum atomic E-state index is 12.8. The van der Waals surface area contributed by atoms with Crippen molar-refractivity contribution in [3.8, 4) is 11.3 Å². The molecule has 6 nitrogen and oxygen atoms in total. The summed E-state index contributed by atoms with van der Waals surface area (Å²) in [6.45, 7) is 7.06. The van der Waals surface area contributed by atoms with Gasteiger partial charge in [0, 0.05) is 53.9 Å². The van der Waals surface area contributed by atoms with Crippen molar-refractivity contribution in [3.63, 3.8) is 0 Å². The molecule has 1 N–H and O–H groups in total. The molecule has 3 aliphatic rings. The SMILES string of the molecule is CC1(C)CC(NC(=O)N2CCC3(CCn4nc(-c5cnc6ccccc6c5)cc43)C2)C1. The van der Waals surface area contributed by atoms with Crippen molar-refractivity contribution in [1.29, 1.82) is 0 Å². The van der Waals surface area contributed by atoms with Gasteiger partial charge in [-0.15, -0.1) is 0 Å². The first kappa shape index (κ1) is 18.8. The topological polar surface area (TPSA) is 63.1 Å². The smallest absolute Gasteiger partial charge is 0.317 e. The molecule has 6 heteroatoms.